The third kappa shape index (κ3) is 3.78. The number of hydrogen-bond donors (Lipinski definition) is 1. The molecule has 0 radical (unpaired) electrons. The summed E-state index contributed by atoms with van der Waals surface area (Å²) < 4.78 is 18.4. The Kier molecular flexibility index (Phi) is 5.07. The van der Waals surface area contributed by atoms with Gasteiger partial charge in [0, 0.05) is 6.04 Å². The van der Waals surface area contributed by atoms with Crippen LogP contribution in [-0.4, -0.2) is 11.5 Å². The van der Waals surface area contributed by atoms with Gasteiger partial charge in [0.25, 0.3) is 0 Å². The lowest BCUT2D eigenvalue weighted by molar-refractivity contribution is 0.474. The lowest BCUT2D eigenvalue weighted by Gasteiger charge is -2.15. The number of nitrogens with one attached hydrogen (secondary N) is 1. The Balaban J connectivity index is 2.06. The molecule has 106 valence electrons. The van der Waals surface area contributed by atoms with Gasteiger partial charge in [-0.3, -0.25) is 4.98 Å². The van der Waals surface area contributed by atoms with E-state index in [2.05, 4.69) is 24.1 Å². The average molecular weight is 274 g/mol. The number of hydrogen-bond acceptors (Lipinski definition) is 3. The summed E-state index contributed by atoms with van der Waals surface area (Å²) in [5, 5.41) is 3.38. The molecule has 1 N–H and O–H groups in total. The molecule has 2 aromatic rings. The largest absolute Gasteiger partial charge is 0.456 e. The molecule has 1 atom stereocenters. The van der Waals surface area contributed by atoms with Crippen molar-refractivity contribution in [3.05, 3.63) is 54.1 Å². The molecule has 0 saturated carbocycles. The lowest BCUT2D eigenvalue weighted by atomic mass is 10.1. The van der Waals surface area contributed by atoms with E-state index in [4.69, 9.17) is 4.74 Å². The zero-order valence-corrected chi connectivity index (χ0v) is 11.8. The molecule has 0 amide bonds. The Bertz CT molecular complexity index is 525. The van der Waals surface area contributed by atoms with Crippen LogP contribution < -0.4 is 10.1 Å². The summed E-state index contributed by atoms with van der Waals surface area (Å²) in [6.45, 7) is 5.11. The number of ether oxygens (including phenoxy) is 1. The molecule has 1 aromatic carbocycles. The molecule has 0 saturated heterocycles. The summed E-state index contributed by atoms with van der Waals surface area (Å²) in [5.41, 5.74) is 1.00. The summed E-state index contributed by atoms with van der Waals surface area (Å²) in [4.78, 5) is 4.42. The Morgan fingerprint density at radius 2 is 1.80 bits per heavy atom. The second kappa shape index (κ2) is 7.01. The maximum absolute atomic E-state index is 12.8. The maximum atomic E-state index is 12.8. The predicted octanol–water partition coefficient (Wildman–Crippen LogP) is 4.07. The van der Waals surface area contributed by atoms with Crippen LogP contribution in [0, 0.1) is 5.82 Å². The van der Waals surface area contributed by atoms with E-state index in [-0.39, 0.29) is 11.9 Å². The van der Waals surface area contributed by atoms with Crippen molar-refractivity contribution in [3.8, 4) is 11.5 Å². The van der Waals surface area contributed by atoms with Crippen molar-refractivity contribution in [3.63, 3.8) is 0 Å². The highest BCUT2D eigenvalue weighted by molar-refractivity contribution is 5.30. The van der Waals surface area contributed by atoms with E-state index in [1.54, 1.807) is 18.3 Å². The number of nitrogens with zero attached hydrogens (tertiary/aromatic N) is 1. The average Bonchev–Trinajstić information content (AvgIpc) is 2.48. The van der Waals surface area contributed by atoms with Gasteiger partial charge in [0.05, 0.1) is 11.9 Å². The summed E-state index contributed by atoms with van der Waals surface area (Å²) in [6, 6.07) is 10.0. The molecule has 0 spiro atoms. The molecule has 3 nitrogen and oxygen atoms in total. The molecule has 1 heterocycles. The molecular formula is C16H19FN2O. The summed E-state index contributed by atoms with van der Waals surface area (Å²) in [6.07, 6.45) is 2.68. The van der Waals surface area contributed by atoms with Crippen molar-refractivity contribution < 1.29 is 9.13 Å². The highest BCUT2D eigenvalue weighted by Gasteiger charge is 2.09. The first kappa shape index (κ1) is 14.5. The molecule has 1 unspecified atom stereocenters. The van der Waals surface area contributed by atoms with Gasteiger partial charge in [-0.25, -0.2) is 4.39 Å². The fourth-order valence-electron chi connectivity index (χ4n) is 2.00. The third-order valence-electron chi connectivity index (χ3n) is 3.02. The standard InChI is InChI=1S/C16H19FN2O/c1-3-15(18-4-2)16-10-9-14(11-19-16)20-13-7-5-12(17)6-8-13/h5-11,15,18H,3-4H2,1-2H3. The minimum Gasteiger partial charge on any atom is -0.456 e. The van der Waals surface area contributed by atoms with E-state index < -0.39 is 0 Å². The van der Waals surface area contributed by atoms with Crippen molar-refractivity contribution in [2.45, 2.75) is 26.3 Å². The van der Waals surface area contributed by atoms with Crippen molar-refractivity contribution in [1.82, 2.24) is 10.3 Å². The first-order valence-corrected chi connectivity index (χ1v) is 6.85. The van der Waals surface area contributed by atoms with Crippen molar-refractivity contribution in [2.24, 2.45) is 0 Å². The molecule has 1 aromatic heterocycles. The normalized spacial score (nSPS) is 12.2. The minimum atomic E-state index is -0.276. The van der Waals surface area contributed by atoms with Crippen LogP contribution in [0.1, 0.15) is 32.0 Å². The van der Waals surface area contributed by atoms with Gasteiger partial charge in [0.15, 0.2) is 0 Å². The quantitative estimate of drug-likeness (QED) is 0.862. The molecule has 4 heteroatoms. The number of aromatic nitrogens is 1. The van der Waals surface area contributed by atoms with E-state index >= 15 is 0 Å². The molecule has 0 aliphatic carbocycles. The van der Waals surface area contributed by atoms with E-state index in [0.717, 1.165) is 18.7 Å². The van der Waals surface area contributed by atoms with Crippen LogP contribution in [0.2, 0.25) is 0 Å². The van der Waals surface area contributed by atoms with Gasteiger partial charge < -0.3 is 10.1 Å². The van der Waals surface area contributed by atoms with E-state index in [0.29, 0.717) is 11.5 Å². The maximum Gasteiger partial charge on any atom is 0.145 e. The highest BCUT2D eigenvalue weighted by atomic mass is 19.1. The van der Waals surface area contributed by atoms with Crippen molar-refractivity contribution in [1.29, 1.82) is 0 Å². The zero-order chi connectivity index (χ0) is 14.4. The van der Waals surface area contributed by atoms with Gasteiger partial charge in [-0.2, -0.15) is 0 Å². The lowest BCUT2D eigenvalue weighted by Crippen LogP contribution is -2.20. The van der Waals surface area contributed by atoms with Crippen LogP contribution >= 0.6 is 0 Å². The van der Waals surface area contributed by atoms with Crippen LogP contribution in [0.3, 0.4) is 0 Å². The topological polar surface area (TPSA) is 34.1 Å². The first-order valence-electron chi connectivity index (χ1n) is 6.85. The fourth-order valence-corrected chi connectivity index (χ4v) is 2.00. The Morgan fingerprint density at radius 1 is 1.10 bits per heavy atom. The Morgan fingerprint density at radius 3 is 2.35 bits per heavy atom. The Labute approximate surface area is 118 Å². The SMILES string of the molecule is CCNC(CC)c1ccc(Oc2ccc(F)cc2)cn1. The molecule has 0 fully saturated rings. The summed E-state index contributed by atoms with van der Waals surface area (Å²) in [5.74, 6) is 0.966. The summed E-state index contributed by atoms with van der Waals surface area (Å²) in [7, 11) is 0. The second-order valence-electron chi connectivity index (χ2n) is 4.49. The van der Waals surface area contributed by atoms with Crippen LogP contribution in [-0.2, 0) is 0 Å². The fraction of sp³-hybridized carbons (Fsp3) is 0.312. The first-order chi connectivity index (χ1) is 9.72. The third-order valence-corrected chi connectivity index (χ3v) is 3.02. The molecule has 2 rings (SSSR count). The van der Waals surface area contributed by atoms with Gasteiger partial charge in [-0.05, 0) is 49.4 Å². The number of halogens is 1. The van der Waals surface area contributed by atoms with Gasteiger partial charge in [0.1, 0.15) is 17.3 Å². The van der Waals surface area contributed by atoms with Crippen molar-refractivity contribution >= 4 is 0 Å². The monoisotopic (exact) mass is 274 g/mol. The smallest absolute Gasteiger partial charge is 0.145 e. The van der Waals surface area contributed by atoms with Gasteiger partial charge >= 0.3 is 0 Å². The summed E-state index contributed by atoms with van der Waals surface area (Å²) >= 11 is 0. The zero-order valence-electron chi connectivity index (χ0n) is 11.8. The second-order valence-corrected chi connectivity index (χ2v) is 4.49. The number of benzene rings is 1. The molecule has 0 aliphatic heterocycles. The molecule has 20 heavy (non-hydrogen) atoms. The number of rotatable bonds is 6. The van der Waals surface area contributed by atoms with Gasteiger partial charge in [0.2, 0.25) is 0 Å². The van der Waals surface area contributed by atoms with Gasteiger partial charge in [-0.15, -0.1) is 0 Å². The van der Waals surface area contributed by atoms with Gasteiger partial charge in [-0.1, -0.05) is 13.8 Å². The predicted molar refractivity (Wildman–Crippen MR) is 77.4 cm³/mol. The minimum absolute atomic E-state index is 0.264. The van der Waals surface area contributed by atoms with Crippen LogP contribution in [0.5, 0.6) is 11.5 Å². The Hall–Kier alpha value is -1.94. The highest BCUT2D eigenvalue weighted by Crippen LogP contribution is 2.22. The van der Waals surface area contributed by atoms with E-state index in [1.807, 2.05) is 12.1 Å². The van der Waals surface area contributed by atoms with Crippen LogP contribution in [0.4, 0.5) is 4.39 Å². The van der Waals surface area contributed by atoms with E-state index in [1.165, 1.54) is 12.1 Å². The number of pyridine rings is 1. The molecular weight excluding hydrogens is 255 g/mol. The van der Waals surface area contributed by atoms with E-state index in [9.17, 15) is 4.39 Å². The van der Waals surface area contributed by atoms with Crippen LogP contribution in [0.25, 0.3) is 0 Å². The molecule has 0 aliphatic rings. The van der Waals surface area contributed by atoms with Crippen LogP contribution in [0.15, 0.2) is 42.6 Å². The van der Waals surface area contributed by atoms with Crippen molar-refractivity contribution in [2.75, 3.05) is 6.54 Å². The molecule has 0 bridgehead atoms.